The van der Waals surface area contributed by atoms with Gasteiger partial charge in [0.1, 0.15) is 5.75 Å². The van der Waals surface area contributed by atoms with Crippen molar-refractivity contribution in [2.24, 2.45) is 0 Å². The standard InChI is InChI=1S/C14H14O2/c1-9(15)16-10-6-7-13-11-4-2-3-5-12(11)14(13)8-10/h5-8,11H,2-4H2,1H3/t11-/m0/s1. The Morgan fingerprint density at radius 3 is 3.12 bits per heavy atom. The van der Waals surface area contributed by atoms with E-state index >= 15 is 0 Å². The van der Waals surface area contributed by atoms with Gasteiger partial charge in [-0.15, -0.1) is 0 Å². The molecule has 0 saturated heterocycles. The number of rotatable bonds is 1. The number of allylic oxidation sites excluding steroid dienone is 2. The molecule has 16 heavy (non-hydrogen) atoms. The van der Waals surface area contributed by atoms with Crippen molar-refractivity contribution in [3.05, 3.63) is 35.4 Å². The Morgan fingerprint density at radius 1 is 1.44 bits per heavy atom. The first-order valence-electron chi connectivity index (χ1n) is 5.78. The molecule has 0 saturated carbocycles. The third-order valence-corrected chi connectivity index (χ3v) is 3.41. The smallest absolute Gasteiger partial charge is 0.308 e. The fourth-order valence-corrected chi connectivity index (χ4v) is 2.74. The van der Waals surface area contributed by atoms with E-state index in [-0.39, 0.29) is 5.97 Å². The van der Waals surface area contributed by atoms with Gasteiger partial charge in [0.2, 0.25) is 0 Å². The lowest BCUT2D eigenvalue weighted by Crippen LogP contribution is -2.18. The minimum atomic E-state index is -0.256. The number of hydrogen-bond acceptors (Lipinski definition) is 2. The van der Waals surface area contributed by atoms with Crippen LogP contribution in [0.15, 0.2) is 24.3 Å². The quantitative estimate of drug-likeness (QED) is 0.529. The van der Waals surface area contributed by atoms with E-state index in [2.05, 4.69) is 12.1 Å². The second-order valence-corrected chi connectivity index (χ2v) is 4.49. The van der Waals surface area contributed by atoms with E-state index < -0.39 is 0 Å². The van der Waals surface area contributed by atoms with Crippen molar-refractivity contribution >= 4 is 11.5 Å². The summed E-state index contributed by atoms with van der Waals surface area (Å²) >= 11 is 0. The second-order valence-electron chi connectivity index (χ2n) is 4.49. The molecule has 0 N–H and O–H groups in total. The lowest BCUT2D eigenvalue weighted by atomic mass is 9.68. The number of esters is 1. The number of ether oxygens (including phenoxy) is 1. The molecule has 0 amide bonds. The molecule has 0 bridgehead atoms. The monoisotopic (exact) mass is 214 g/mol. The molecule has 0 spiro atoms. The molecule has 0 heterocycles. The average molecular weight is 214 g/mol. The summed E-state index contributed by atoms with van der Waals surface area (Å²) in [5, 5.41) is 0. The molecular weight excluding hydrogens is 200 g/mol. The maximum Gasteiger partial charge on any atom is 0.308 e. The predicted octanol–water partition coefficient (Wildman–Crippen LogP) is 3.28. The lowest BCUT2D eigenvalue weighted by molar-refractivity contribution is -0.131. The molecular formula is C14H14O2. The van der Waals surface area contributed by atoms with Crippen molar-refractivity contribution in [3.63, 3.8) is 0 Å². The predicted molar refractivity (Wildman–Crippen MR) is 62.3 cm³/mol. The zero-order valence-electron chi connectivity index (χ0n) is 9.32. The molecule has 1 aromatic carbocycles. The van der Waals surface area contributed by atoms with Crippen molar-refractivity contribution in [3.8, 4) is 5.75 Å². The Balaban J connectivity index is 1.96. The Hall–Kier alpha value is -1.57. The minimum absolute atomic E-state index is 0.256. The van der Waals surface area contributed by atoms with E-state index in [4.69, 9.17) is 4.74 Å². The van der Waals surface area contributed by atoms with Gasteiger partial charge in [-0.3, -0.25) is 4.79 Å². The Morgan fingerprint density at radius 2 is 2.31 bits per heavy atom. The fraction of sp³-hybridized carbons (Fsp3) is 0.357. The first-order valence-corrected chi connectivity index (χ1v) is 5.78. The highest BCUT2D eigenvalue weighted by Crippen LogP contribution is 2.51. The van der Waals surface area contributed by atoms with Crippen LogP contribution in [0.1, 0.15) is 43.2 Å². The topological polar surface area (TPSA) is 26.3 Å². The van der Waals surface area contributed by atoms with E-state index in [1.54, 1.807) is 0 Å². The van der Waals surface area contributed by atoms with Crippen molar-refractivity contribution < 1.29 is 9.53 Å². The first kappa shape index (κ1) is 9.64. The molecule has 2 aliphatic carbocycles. The van der Waals surface area contributed by atoms with Gasteiger partial charge in [0.15, 0.2) is 0 Å². The highest BCUT2D eigenvalue weighted by molar-refractivity contribution is 5.85. The summed E-state index contributed by atoms with van der Waals surface area (Å²) in [6.45, 7) is 1.43. The van der Waals surface area contributed by atoms with Crippen LogP contribution >= 0.6 is 0 Å². The van der Waals surface area contributed by atoms with Gasteiger partial charge in [-0.1, -0.05) is 12.1 Å². The third kappa shape index (κ3) is 1.37. The molecule has 1 aromatic rings. The maximum atomic E-state index is 10.9. The van der Waals surface area contributed by atoms with E-state index in [0.29, 0.717) is 11.7 Å². The molecule has 2 heteroatoms. The molecule has 0 unspecified atom stereocenters. The molecule has 1 atom stereocenters. The summed E-state index contributed by atoms with van der Waals surface area (Å²) < 4.78 is 5.10. The van der Waals surface area contributed by atoms with Gasteiger partial charge in [0.25, 0.3) is 0 Å². The van der Waals surface area contributed by atoms with Crippen LogP contribution in [0, 0.1) is 0 Å². The van der Waals surface area contributed by atoms with Gasteiger partial charge >= 0.3 is 5.97 Å². The van der Waals surface area contributed by atoms with Crippen molar-refractivity contribution in [1.29, 1.82) is 0 Å². The summed E-state index contributed by atoms with van der Waals surface area (Å²) in [5.41, 5.74) is 4.15. The number of carbonyl (C=O) groups excluding carboxylic acids is 1. The first-order chi connectivity index (χ1) is 7.75. The van der Waals surface area contributed by atoms with Crippen LogP contribution in [0.4, 0.5) is 0 Å². The molecule has 2 nitrogen and oxygen atoms in total. The molecule has 2 aliphatic rings. The van der Waals surface area contributed by atoms with Crippen molar-refractivity contribution in [1.82, 2.24) is 0 Å². The largest absolute Gasteiger partial charge is 0.427 e. The second kappa shape index (κ2) is 3.48. The lowest BCUT2D eigenvalue weighted by Gasteiger charge is -2.36. The molecule has 0 aliphatic heterocycles. The van der Waals surface area contributed by atoms with Gasteiger partial charge in [0, 0.05) is 12.8 Å². The van der Waals surface area contributed by atoms with Crippen LogP contribution in [-0.2, 0) is 4.79 Å². The molecule has 0 aromatic heterocycles. The Kier molecular flexibility index (Phi) is 2.10. The number of carbonyl (C=O) groups is 1. The highest BCUT2D eigenvalue weighted by Gasteiger charge is 2.33. The van der Waals surface area contributed by atoms with Crippen LogP contribution in [0.5, 0.6) is 5.75 Å². The van der Waals surface area contributed by atoms with Crippen LogP contribution in [0.25, 0.3) is 5.57 Å². The number of hydrogen-bond donors (Lipinski definition) is 0. The molecule has 0 fully saturated rings. The van der Waals surface area contributed by atoms with Gasteiger partial charge < -0.3 is 4.74 Å². The summed E-state index contributed by atoms with van der Waals surface area (Å²) in [5.74, 6) is 1.06. The summed E-state index contributed by atoms with van der Waals surface area (Å²) in [6, 6.07) is 5.98. The van der Waals surface area contributed by atoms with E-state index in [0.717, 1.165) is 0 Å². The summed E-state index contributed by atoms with van der Waals surface area (Å²) in [7, 11) is 0. The minimum Gasteiger partial charge on any atom is -0.427 e. The zero-order valence-corrected chi connectivity index (χ0v) is 9.32. The molecule has 3 rings (SSSR count). The van der Waals surface area contributed by atoms with E-state index in [1.807, 2.05) is 12.1 Å². The Bertz CT molecular complexity index is 486. The molecule has 82 valence electrons. The van der Waals surface area contributed by atoms with Gasteiger partial charge in [-0.2, -0.15) is 0 Å². The third-order valence-electron chi connectivity index (χ3n) is 3.41. The van der Waals surface area contributed by atoms with Gasteiger partial charge in [-0.25, -0.2) is 0 Å². The van der Waals surface area contributed by atoms with E-state index in [9.17, 15) is 4.79 Å². The van der Waals surface area contributed by atoms with Crippen LogP contribution < -0.4 is 4.74 Å². The zero-order chi connectivity index (χ0) is 11.1. The fourth-order valence-electron chi connectivity index (χ4n) is 2.74. The van der Waals surface area contributed by atoms with Crippen LogP contribution in [-0.4, -0.2) is 5.97 Å². The number of fused-ring (bicyclic) bond motifs is 4. The molecule has 0 radical (unpaired) electrons. The normalized spacial score (nSPS) is 21.3. The number of benzene rings is 1. The van der Waals surface area contributed by atoms with Crippen molar-refractivity contribution in [2.45, 2.75) is 32.1 Å². The SMILES string of the molecule is CC(=O)Oc1ccc2c(c1)C1=CCCC[C@@H]12. The highest BCUT2D eigenvalue weighted by atomic mass is 16.5. The van der Waals surface area contributed by atoms with Crippen LogP contribution in [0.3, 0.4) is 0 Å². The summed E-state index contributed by atoms with van der Waals surface area (Å²) in [4.78, 5) is 10.9. The maximum absolute atomic E-state index is 10.9. The summed E-state index contributed by atoms with van der Waals surface area (Å²) in [6.07, 6.45) is 6.07. The van der Waals surface area contributed by atoms with Crippen LogP contribution in [0.2, 0.25) is 0 Å². The van der Waals surface area contributed by atoms with E-state index in [1.165, 1.54) is 42.9 Å². The van der Waals surface area contributed by atoms with Gasteiger partial charge in [-0.05, 0) is 48.1 Å². The van der Waals surface area contributed by atoms with Gasteiger partial charge in [0.05, 0.1) is 0 Å². The Labute approximate surface area is 94.9 Å². The average Bonchev–Trinajstić information content (AvgIpc) is 2.26. The van der Waals surface area contributed by atoms with Crippen molar-refractivity contribution in [2.75, 3.05) is 0 Å².